The van der Waals surface area contributed by atoms with Crippen molar-refractivity contribution in [2.45, 2.75) is 32.8 Å². The second kappa shape index (κ2) is 14.1. The lowest BCUT2D eigenvalue weighted by molar-refractivity contribution is 0.0194. The highest BCUT2D eigenvalue weighted by molar-refractivity contribution is 6.55. The minimum Gasteiger partial charge on any atom is -0.500 e. The second-order valence-corrected chi connectivity index (χ2v) is 7.36. The number of benzene rings is 1. The van der Waals surface area contributed by atoms with E-state index >= 15 is 0 Å². The fraction of sp³-hybridized carbons (Fsp3) is 0.444. The molecule has 0 saturated heterocycles. The van der Waals surface area contributed by atoms with Gasteiger partial charge in [0, 0.05) is 12.1 Å². The van der Waals surface area contributed by atoms with Gasteiger partial charge in [-0.3, -0.25) is 10.3 Å². The maximum absolute atomic E-state index is 6.20. The van der Waals surface area contributed by atoms with Crippen LogP contribution in [0.5, 0.6) is 11.5 Å². The first kappa shape index (κ1) is 24.1. The van der Waals surface area contributed by atoms with Crippen molar-refractivity contribution in [2.24, 2.45) is 0 Å². The number of hydrogen-bond acceptors (Lipinski definition) is 5. The van der Waals surface area contributed by atoms with Crippen molar-refractivity contribution in [2.75, 3.05) is 19.8 Å². The summed E-state index contributed by atoms with van der Waals surface area (Å²) >= 11 is 23.4. The molecule has 0 aliphatic rings. The molecule has 152 valence electrons. The van der Waals surface area contributed by atoms with Crippen LogP contribution < -0.4 is 15.0 Å². The summed E-state index contributed by atoms with van der Waals surface area (Å²) in [7, 11) is 0. The summed E-state index contributed by atoms with van der Waals surface area (Å²) in [6, 6.07) is 3.25. The molecule has 0 saturated carbocycles. The van der Waals surface area contributed by atoms with Gasteiger partial charge >= 0.3 is 0 Å². The molecule has 0 aliphatic heterocycles. The summed E-state index contributed by atoms with van der Waals surface area (Å²) in [6.45, 7) is 5.09. The van der Waals surface area contributed by atoms with E-state index in [0.717, 1.165) is 12.8 Å². The maximum atomic E-state index is 6.20. The molecule has 0 unspecified atom stereocenters. The van der Waals surface area contributed by atoms with E-state index in [1.165, 1.54) is 6.08 Å². The van der Waals surface area contributed by atoms with Crippen LogP contribution >= 0.6 is 46.4 Å². The molecule has 0 aliphatic carbocycles. The van der Waals surface area contributed by atoms with Crippen LogP contribution in [0.15, 0.2) is 35.2 Å². The number of hydroxylamine groups is 1. The zero-order valence-electron chi connectivity index (χ0n) is 15.1. The fourth-order valence-corrected chi connectivity index (χ4v) is 2.44. The fourth-order valence-electron chi connectivity index (χ4n) is 1.74. The molecule has 1 N–H and O–H groups in total. The van der Waals surface area contributed by atoms with Gasteiger partial charge in [-0.2, -0.15) is 0 Å². The first-order valence-electron chi connectivity index (χ1n) is 8.33. The molecular weight excluding hydrogens is 436 g/mol. The predicted molar refractivity (Wildman–Crippen MR) is 111 cm³/mol. The average molecular weight is 459 g/mol. The number of ether oxygens (including phenoxy) is 3. The Morgan fingerprint density at radius 2 is 1.74 bits per heavy atom. The van der Waals surface area contributed by atoms with E-state index in [9.17, 15) is 0 Å². The third-order valence-corrected chi connectivity index (χ3v) is 3.77. The van der Waals surface area contributed by atoms with Gasteiger partial charge in [0.1, 0.15) is 23.1 Å². The highest BCUT2D eigenvalue weighted by atomic mass is 35.5. The first-order chi connectivity index (χ1) is 12.9. The Balaban J connectivity index is 2.27. The summed E-state index contributed by atoms with van der Waals surface area (Å²) in [5.74, 6) is 0.922. The number of rotatable bonds is 13. The standard InChI is InChI=1S/C18H23Cl4NO4/c1-13(2)27-23-6-10-24-7-3-4-8-26-18-15(19)11-14(12-16(18)20)25-9-5-17(21)22/h5-6,10-13,23H,3-4,7-9H2,1-2H3. The Labute approximate surface area is 180 Å². The Morgan fingerprint density at radius 3 is 2.37 bits per heavy atom. The van der Waals surface area contributed by atoms with Crippen molar-refractivity contribution in [3.63, 3.8) is 0 Å². The van der Waals surface area contributed by atoms with Crippen LogP contribution in [-0.4, -0.2) is 25.9 Å². The van der Waals surface area contributed by atoms with Crippen LogP contribution in [0.4, 0.5) is 0 Å². The number of nitrogens with one attached hydrogen (secondary N) is 1. The molecular formula is C18H23Cl4NO4. The number of halogens is 4. The van der Waals surface area contributed by atoms with E-state index in [1.807, 2.05) is 13.8 Å². The first-order valence-corrected chi connectivity index (χ1v) is 9.85. The van der Waals surface area contributed by atoms with Gasteiger partial charge in [0.05, 0.1) is 35.6 Å². The van der Waals surface area contributed by atoms with Crippen LogP contribution in [0.2, 0.25) is 10.0 Å². The zero-order chi connectivity index (χ0) is 20.1. The molecule has 1 aromatic carbocycles. The molecule has 9 heteroatoms. The molecule has 0 fully saturated rings. The van der Waals surface area contributed by atoms with Gasteiger partial charge in [-0.05, 0) is 32.8 Å². The third kappa shape index (κ3) is 11.5. The molecule has 1 aromatic rings. The van der Waals surface area contributed by atoms with Crippen LogP contribution in [0.25, 0.3) is 0 Å². The van der Waals surface area contributed by atoms with E-state index < -0.39 is 0 Å². The van der Waals surface area contributed by atoms with E-state index in [4.69, 9.17) is 65.5 Å². The van der Waals surface area contributed by atoms with Gasteiger partial charge in [0.2, 0.25) is 0 Å². The van der Waals surface area contributed by atoms with Crippen LogP contribution in [0.3, 0.4) is 0 Å². The smallest absolute Gasteiger partial charge is 0.156 e. The van der Waals surface area contributed by atoms with Gasteiger partial charge in [-0.25, -0.2) is 0 Å². The van der Waals surface area contributed by atoms with E-state index in [1.54, 1.807) is 24.6 Å². The Hall–Kier alpha value is -0.980. The topological polar surface area (TPSA) is 49.0 Å². The Kier molecular flexibility index (Phi) is 12.5. The molecule has 1 rings (SSSR count). The van der Waals surface area contributed by atoms with Crippen molar-refractivity contribution < 1.29 is 19.0 Å². The Bertz CT molecular complexity index is 596. The molecule has 5 nitrogen and oxygen atoms in total. The highest BCUT2D eigenvalue weighted by Gasteiger charge is 2.10. The molecule has 0 bridgehead atoms. The van der Waals surface area contributed by atoms with Gasteiger partial charge in [-0.15, -0.1) is 0 Å². The summed E-state index contributed by atoms with van der Waals surface area (Å²) in [6.07, 6.45) is 6.36. The second-order valence-electron chi connectivity index (χ2n) is 5.53. The lowest BCUT2D eigenvalue weighted by atomic mass is 10.3. The summed E-state index contributed by atoms with van der Waals surface area (Å²) in [4.78, 5) is 5.11. The van der Waals surface area contributed by atoms with E-state index in [-0.39, 0.29) is 17.2 Å². The summed E-state index contributed by atoms with van der Waals surface area (Å²) in [5.41, 5.74) is 2.66. The summed E-state index contributed by atoms with van der Waals surface area (Å²) < 4.78 is 16.5. The van der Waals surface area contributed by atoms with Crippen molar-refractivity contribution in [1.29, 1.82) is 0 Å². The van der Waals surface area contributed by atoms with Gasteiger partial charge in [-0.1, -0.05) is 46.4 Å². The lowest BCUT2D eigenvalue weighted by Gasteiger charge is -2.12. The van der Waals surface area contributed by atoms with Crippen LogP contribution in [0, 0.1) is 0 Å². The van der Waals surface area contributed by atoms with Gasteiger partial charge in [0.15, 0.2) is 5.75 Å². The average Bonchev–Trinajstić information content (AvgIpc) is 2.58. The molecule has 27 heavy (non-hydrogen) atoms. The Morgan fingerprint density at radius 1 is 1.07 bits per heavy atom. The number of hydrogen-bond donors (Lipinski definition) is 1. The van der Waals surface area contributed by atoms with Crippen molar-refractivity contribution in [3.05, 3.63) is 45.2 Å². The van der Waals surface area contributed by atoms with Crippen molar-refractivity contribution in [3.8, 4) is 11.5 Å². The van der Waals surface area contributed by atoms with Gasteiger partial charge in [0.25, 0.3) is 0 Å². The van der Waals surface area contributed by atoms with Crippen molar-refractivity contribution >= 4 is 46.4 Å². The SMILES string of the molecule is CC(C)ONC=COCCCCOc1c(Cl)cc(OCC=C(Cl)Cl)cc1Cl. The molecule has 0 heterocycles. The molecule has 0 amide bonds. The summed E-state index contributed by atoms with van der Waals surface area (Å²) in [5, 5.41) is 0.739. The van der Waals surface area contributed by atoms with Gasteiger partial charge < -0.3 is 14.2 Å². The molecule has 0 radical (unpaired) electrons. The largest absolute Gasteiger partial charge is 0.500 e. The zero-order valence-corrected chi connectivity index (χ0v) is 18.2. The maximum Gasteiger partial charge on any atom is 0.156 e. The quantitative estimate of drug-likeness (QED) is 0.214. The van der Waals surface area contributed by atoms with E-state index in [0.29, 0.717) is 34.8 Å². The predicted octanol–water partition coefficient (Wildman–Crippen LogP) is 6.27. The number of unbranched alkanes of at least 4 members (excludes halogenated alkanes) is 1. The molecule has 0 spiro atoms. The van der Waals surface area contributed by atoms with E-state index in [2.05, 4.69) is 5.48 Å². The van der Waals surface area contributed by atoms with Crippen LogP contribution in [-0.2, 0) is 9.57 Å². The molecule has 0 atom stereocenters. The van der Waals surface area contributed by atoms with Crippen molar-refractivity contribution in [1.82, 2.24) is 5.48 Å². The lowest BCUT2D eigenvalue weighted by Crippen LogP contribution is -2.13. The monoisotopic (exact) mass is 457 g/mol. The highest BCUT2D eigenvalue weighted by Crippen LogP contribution is 2.37. The minimum atomic E-state index is 0.104. The molecule has 0 aromatic heterocycles. The van der Waals surface area contributed by atoms with Crippen LogP contribution in [0.1, 0.15) is 26.7 Å². The minimum absolute atomic E-state index is 0.104. The normalized spacial score (nSPS) is 10.9. The third-order valence-electron chi connectivity index (χ3n) is 2.90.